The Kier molecular flexibility index (Phi) is 5.76. The highest BCUT2D eigenvalue weighted by atomic mass is 16.5. The lowest BCUT2D eigenvalue weighted by atomic mass is 10.2. The molecule has 1 heterocycles. The number of nitrogens with one attached hydrogen (secondary N) is 1. The van der Waals surface area contributed by atoms with Crippen LogP contribution in [0.3, 0.4) is 0 Å². The van der Waals surface area contributed by atoms with Crippen LogP contribution in [0.5, 0.6) is 5.75 Å². The summed E-state index contributed by atoms with van der Waals surface area (Å²) < 4.78 is 11.3. The van der Waals surface area contributed by atoms with E-state index in [0.717, 1.165) is 11.3 Å². The molecule has 6 nitrogen and oxygen atoms in total. The van der Waals surface area contributed by atoms with E-state index in [4.69, 9.17) is 9.15 Å². The lowest BCUT2D eigenvalue weighted by Crippen LogP contribution is -2.40. The van der Waals surface area contributed by atoms with E-state index in [9.17, 15) is 4.79 Å². The Morgan fingerprint density at radius 1 is 1.15 bits per heavy atom. The summed E-state index contributed by atoms with van der Waals surface area (Å²) in [4.78, 5) is 18.0. The fourth-order valence-corrected chi connectivity index (χ4v) is 2.47. The standard InChI is InChI=1S/C21H23N3O3/c1-15(2)22-21(25)24(3)18-9-11-19(12-10-18)26-13-17-14-27-20(23-17)16-7-5-4-6-8-16/h4-12,14-15H,13H2,1-3H3,(H,22,25). The predicted octanol–water partition coefficient (Wildman–Crippen LogP) is 4.47. The van der Waals surface area contributed by atoms with Crippen LogP contribution in [0.1, 0.15) is 19.5 Å². The summed E-state index contributed by atoms with van der Waals surface area (Å²) in [5.41, 5.74) is 2.43. The summed E-state index contributed by atoms with van der Waals surface area (Å²) >= 11 is 0. The molecule has 1 N–H and O–H groups in total. The highest BCUT2D eigenvalue weighted by Gasteiger charge is 2.12. The van der Waals surface area contributed by atoms with Gasteiger partial charge in [0, 0.05) is 24.3 Å². The van der Waals surface area contributed by atoms with E-state index >= 15 is 0 Å². The summed E-state index contributed by atoms with van der Waals surface area (Å²) in [5.74, 6) is 1.27. The van der Waals surface area contributed by atoms with E-state index in [-0.39, 0.29) is 12.1 Å². The highest BCUT2D eigenvalue weighted by molar-refractivity contribution is 5.91. The molecule has 0 aliphatic heterocycles. The largest absolute Gasteiger partial charge is 0.487 e. The molecule has 0 spiro atoms. The number of urea groups is 1. The Morgan fingerprint density at radius 3 is 2.52 bits per heavy atom. The Balaban J connectivity index is 1.58. The number of aromatic nitrogens is 1. The maximum atomic E-state index is 12.0. The second kappa shape index (κ2) is 8.40. The lowest BCUT2D eigenvalue weighted by molar-refractivity contribution is 0.245. The number of ether oxygens (including phenoxy) is 1. The molecule has 1 aromatic heterocycles. The van der Waals surface area contributed by atoms with E-state index in [1.54, 1.807) is 18.2 Å². The number of oxazole rings is 1. The molecule has 0 fully saturated rings. The van der Waals surface area contributed by atoms with Crippen molar-refractivity contribution < 1.29 is 13.9 Å². The summed E-state index contributed by atoms with van der Waals surface area (Å²) in [5, 5.41) is 2.86. The number of nitrogens with zero attached hydrogens (tertiary/aromatic N) is 2. The number of carbonyl (C=O) groups excluding carboxylic acids is 1. The third kappa shape index (κ3) is 4.88. The summed E-state index contributed by atoms with van der Waals surface area (Å²) in [7, 11) is 1.73. The van der Waals surface area contributed by atoms with Gasteiger partial charge in [0.1, 0.15) is 24.3 Å². The van der Waals surface area contributed by atoms with Crippen LogP contribution in [0, 0.1) is 0 Å². The van der Waals surface area contributed by atoms with Crippen LogP contribution < -0.4 is 15.0 Å². The molecule has 3 rings (SSSR count). The third-order valence-corrected chi connectivity index (χ3v) is 3.90. The first-order valence-corrected chi connectivity index (χ1v) is 8.80. The molecule has 3 aromatic rings. The molecule has 0 unspecified atom stereocenters. The zero-order valence-corrected chi connectivity index (χ0v) is 15.7. The smallest absolute Gasteiger partial charge is 0.321 e. The number of rotatable bonds is 6. The first kappa shape index (κ1) is 18.5. The zero-order chi connectivity index (χ0) is 19.2. The van der Waals surface area contributed by atoms with Crippen LogP contribution in [0.4, 0.5) is 10.5 Å². The van der Waals surface area contributed by atoms with Gasteiger partial charge in [-0.2, -0.15) is 0 Å². The van der Waals surface area contributed by atoms with E-state index in [2.05, 4.69) is 10.3 Å². The van der Waals surface area contributed by atoms with Gasteiger partial charge in [0.05, 0.1) is 0 Å². The van der Waals surface area contributed by atoms with Gasteiger partial charge >= 0.3 is 6.03 Å². The van der Waals surface area contributed by atoms with Crippen molar-refractivity contribution in [2.75, 3.05) is 11.9 Å². The molecule has 27 heavy (non-hydrogen) atoms. The van der Waals surface area contributed by atoms with Crippen molar-refractivity contribution >= 4 is 11.7 Å². The van der Waals surface area contributed by atoms with Crippen LogP contribution >= 0.6 is 0 Å². The van der Waals surface area contributed by atoms with Gasteiger partial charge in [0.15, 0.2) is 0 Å². The molecule has 2 aromatic carbocycles. The molecule has 2 amide bonds. The Bertz CT molecular complexity index is 873. The van der Waals surface area contributed by atoms with Gasteiger partial charge in [-0.25, -0.2) is 9.78 Å². The average molecular weight is 365 g/mol. The van der Waals surface area contributed by atoms with E-state index in [1.165, 1.54) is 0 Å². The van der Waals surface area contributed by atoms with Gasteiger partial charge in [-0.1, -0.05) is 18.2 Å². The van der Waals surface area contributed by atoms with Crippen LogP contribution in [-0.2, 0) is 6.61 Å². The topological polar surface area (TPSA) is 67.6 Å². The summed E-state index contributed by atoms with van der Waals surface area (Å²) in [6.07, 6.45) is 1.60. The molecule has 140 valence electrons. The van der Waals surface area contributed by atoms with E-state index < -0.39 is 0 Å². The normalized spacial score (nSPS) is 10.7. The van der Waals surface area contributed by atoms with E-state index in [0.29, 0.717) is 23.9 Å². The minimum absolute atomic E-state index is 0.0887. The molecule has 6 heteroatoms. The van der Waals surface area contributed by atoms with Crippen LogP contribution in [0.15, 0.2) is 65.3 Å². The van der Waals surface area contributed by atoms with Gasteiger partial charge in [-0.3, -0.25) is 4.90 Å². The fraction of sp³-hybridized carbons (Fsp3) is 0.238. The van der Waals surface area contributed by atoms with Crippen LogP contribution in [-0.4, -0.2) is 24.1 Å². The third-order valence-electron chi connectivity index (χ3n) is 3.90. The number of benzene rings is 2. The van der Waals surface area contributed by atoms with Crippen molar-refractivity contribution in [3.63, 3.8) is 0 Å². The number of hydrogen-bond donors (Lipinski definition) is 1. The monoisotopic (exact) mass is 365 g/mol. The second-order valence-corrected chi connectivity index (χ2v) is 6.46. The van der Waals surface area contributed by atoms with Gasteiger partial charge in [-0.05, 0) is 50.2 Å². The second-order valence-electron chi connectivity index (χ2n) is 6.46. The number of hydrogen-bond acceptors (Lipinski definition) is 4. The Hall–Kier alpha value is -3.28. The van der Waals surface area contributed by atoms with E-state index in [1.807, 2.05) is 68.4 Å². The minimum atomic E-state index is -0.144. The number of amides is 2. The SMILES string of the molecule is CC(C)NC(=O)N(C)c1ccc(OCc2coc(-c3ccccc3)n2)cc1. The Labute approximate surface area is 158 Å². The fourth-order valence-electron chi connectivity index (χ4n) is 2.47. The molecular formula is C21H23N3O3. The molecule has 0 atom stereocenters. The van der Waals surface area contributed by atoms with Crippen molar-refractivity contribution in [3.05, 3.63) is 66.6 Å². The maximum absolute atomic E-state index is 12.0. The first-order chi connectivity index (χ1) is 13.0. The molecule has 0 aliphatic carbocycles. The van der Waals surface area contributed by atoms with Crippen molar-refractivity contribution in [3.8, 4) is 17.2 Å². The van der Waals surface area contributed by atoms with Gasteiger partial charge in [-0.15, -0.1) is 0 Å². The van der Waals surface area contributed by atoms with Gasteiger partial charge < -0.3 is 14.5 Å². The highest BCUT2D eigenvalue weighted by Crippen LogP contribution is 2.21. The lowest BCUT2D eigenvalue weighted by Gasteiger charge is -2.20. The van der Waals surface area contributed by atoms with Crippen LogP contribution in [0.2, 0.25) is 0 Å². The minimum Gasteiger partial charge on any atom is -0.487 e. The van der Waals surface area contributed by atoms with Gasteiger partial charge in [0.2, 0.25) is 5.89 Å². The molecule has 0 saturated heterocycles. The summed E-state index contributed by atoms with van der Waals surface area (Å²) in [6.45, 7) is 4.16. The molecule has 0 aliphatic rings. The summed E-state index contributed by atoms with van der Waals surface area (Å²) in [6, 6.07) is 17.0. The number of anilines is 1. The van der Waals surface area contributed by atoms with Crippen molar-refractivity contribution in [1.82, 2.24) is 10.3 Å². The van der Waals surface area contributed by atoms with Crippen LogP contribution in [0.25, 0.3) is 11.5 Å². The molecular weight excluding hydrogens is 342 g/mol. The molecule has 0 saturated carbocycles. The zero-order valence-electron chi connectivity index (χ0n) is 15.7. The van der Waals surface area contributed by atoms with Crippen molar-refractivity contribution in [2.24, 2.45) is 0 Å². The Morgan fingerprint density at radius 2 is 1.85 bits per heavy atom. The average Bonchev–Trinajstić information content (AvgIpc) is 3.15. The quantitative estimate of drug-likeness (QED) is 0.700. The molecule has 0 radical (unpaired) electrons. The van der Waals surface area contributed by atoms with Crippen molar-refractivity contribution in [1.29, 1.82) is 0 Å². The first-order valence-electron chi connectivity index (χ1n) is 8.80. The van der Waals surface area contributed by atoms with Crippen molar-refractivity contribution in [2.45, 2.75) is 26.5 Å². The predicted molar refractivity (Wildman–Crippen MR) is 105 cm³/mol. The number of carbonyl (C=O) groups is 1. The molecule has 0 bridgehead atoms. The van der Waals surface area contributed by atoms with Gasteiger partial charge in [0.25, 0.3) is 0 Å². The maximum Gasteiger partial charge on any atom is 0.321 e.